The molecule has 4 aromatic rings. The van der Waals surface area contributed by atoms with E-state index in [9.17, 15) is 4.79 Å². The molecule has 4 rings (SSSR count). The molecule has 0 saturated heterocycles. The van der Waals surface area contributed by atoms with Crippen LogP contribution in [-0.4, -0.2) is 16.7 Å². The molecule has 1 aromatic heterocycles. The number of hydrogen-bond acceptors (Lipinski definition) is 4. The van der Waals surface area contributed by atoms with Gasteiger partial charge in [0.25, 0.3) is 5.56 Å². The zero-order valence-electron chi connectivity index (χ0n) is 14.2. The summed E-state index contributed by atoms with van der Waals surface area (Å²) < 4.78 is 6.78. The van der Waals surface area contributed by atoms with Gasteiger partial charge in [0.05, 0.1) is 23.7 Å². The number of hydrogen-bond donors (Lipinski definition) is 1. The Labute approximate surface area is 150 Å². The molecule has 0 radical (unpaired) electrons. The summed E-state index contributed by atoms with van der Waals surface area (Å²) in [5, 5.41) is 3.83. The number of rotatable bonds is 4. The standard InChI is InChI=1S/C21H17N3O2/c1-26-17-13-11-15(12-14-17)22-21-23-19-10-6-5-9-18(19)20(25)24(21)16-7-3-2-4-8-16/h2-14H,1H3,(H,22,23). The number of methoxy groups -OCH3 is 1. The predicted molar refractivity (Wildman–Crippen MR) is 104 cm³/mol. The van der Waals surface area contributed by atoms with Crippen LogP contribution in [0.25, 0.3) is 16.6 Å². The lowest BCUT2D eigenvalue weighted by Gasteiger charge is -2.15. The number of nitrogens with one attached hydrogen (secondary N) is 1. The maximum absolute atomic E-state index is 13.1. The highest BCUT2D eigenvalue weighted by molar-refractivity contribution is 5.80. The first-order valence-electron chi connectivity index (χ1n) is 8.24. The second-order valence-electron chi connectivity index (χ2n) is 5.78. The van der Waals surface area contributed by atoms with Crippen LogP contribution >= 0.6 is 0 Å². The highest BCUT2D eigenvalue weighted by Gasteiger charge is 2.12. The Morgan fingerprint density at radius 2 is 1.58 bits per heavy atom. The average molecular weight is 343 g/mol. The second kappa shape index (κ2) is 6.72. The van der Waals surface area contributed by atoms with Gasteiger partial charge < -0.3 is 10.1 Å². The molecule has 0 unspecified atom stereocenters. The van der Waals surface area contributed by atoms with Gasteiger partial charge in [0, 0.05) is 5.69 Å². The highest BCUT2D eigenvalue weighted by Crippen LogP contribution is 2.22. The zero-order valence-corrected chi connectivity index (χ0v) is 14.2. The lowest BCUT2D eigenvalue weighted by Crippen LogP contribution is -2.22. The average Bonchev–Trinajstić information content (AvgIpc) is 2.69. The number of para-hydroxylation sites is 2. The minimum Gasteiger partial charge on any atom is -0.497 e. The second-order valence-corrected chi connectivity index (χ2v) is 5.78. The van der Waals surface area contributed by atoms with Crippen molar-refractivity contribution in [1.82, 2.24) is 9.55 Å². The zero-order chi connectivity index (χ0) is 17.9. The van der Waals surface area contributed by atoms with Crippen LogP contribution in [0.15, 0.2) is 83.7 Å². The summed E-state index contributed by atoms with van der Waals surface area (Å²) >= 11 is 0. The van der Waals surface area contributed by atoms with Gasteiger partial charge in [0.1, 0.15) is 5.75 Å². The fraction of sp³-hybridized carbons (Fsp3) is 0.0476. The van der Waals surface area contributed by atoms with Crippen molar-refractivity contribution in [3.63, 3.8) is 0 Å². The Morgan fingerprint density at radius 3 is 2.31 bits per heavy atom. The number of anilines is 2. The summed E-state index contributed by atoms with van der Waals surface area (Å²) in [6.45, 7) is 0. The van der Waals surface area contributed by atoms with Crippen LogP contribution in [0.1, 0.15) is 0 Å². The number of aromatic nitrogens is 2. The van der Waals surface area contributed by atoms with Gasteiger partial charge in [0.2, 0.25) is 5.95 Å². The maximum Gasteiger partial charge on any atom is 0.267 e. The van der Waals surface area contributed by atoms with Crippen LogP contribution < -0.4 is 15.6 Å². The molecule has 0 spiro atoms. The number of nitrogens with zero attached hydrogens (tertiary/aromatic N) is 2. The molecular weight excluding hydrogens is 326 g/mol. The number of ether oxygens (including phenoxy) is 1. The summed E-state index contributed by atoms with van der Waals surface area (Å²) in [6, 6.07) is 24.3. The van der Waals surface area contributed by atoms with Crippen LogP contribution in [0, 0.1) is 0 Å². The molecule has 0 amide bonds. The molecular formula is C21H17N3O2. The van der Waals surface area contributed by atoms with E-state index in [-0.39, 0.29) is 5.56 Å². The monoisotopic (exact) mass is 343 g/mol. The first-order chi connectivity index (χ1) is 12.8. The van der Waals surface area contributed by atoms with E-state index in [0.717, 1.165) is 17.1 Å². The van der Waals surface area contributed by atoms with E-state index in [4.69, 9.17) is 4.74 Å². The van der Waals surface area contributed by atoms with Gasteiger partial charge in [0.15, 0.2) is 0 Å². The predicted octanol–water partition coefficient (Wildman–Crippen LogP) is 4.14. The Kier molecular flexibility index (Phi) is 4.11. The molecule has 0 atom stereocenters. The van der Waals surface area contributed by atoms with E-state index in [1.54, 1.807) is 17.7 Å². The molecule has 5 heteroatoms. The van der Waals surface area contributed by atoms with Crippen LogP contribution in [0.3, 0.4) is 0 Å². The van der Waals surface area contributed by atoms with E-state index in [0.29, 0.717) is 16.9 Å². The molecule has 5 nitrogen and oxygen atoms in total. The van der Waals surface area contributed by atoms with E-state index >= 15 is 0 Å². The Balaban J connectivity index is 1.90. The summed E-state index contributed by atoms with van der Waals surface area (Å²) in [5.74, 6) is 1.23. The third-order valence-electron chi connectivity index (χ3n) is 4.14. The van der Waals surface area contributed by atoms with Gasteiger partial charge in [-0.05, 0) is 48.5 Å². The third kappa shape index (κ3) is 2.91. The largest absolute Gasteiger partial charge is 0.497 e. The van der Waals surface area contributed by atoms with Crippen LogP contribution in [-0.2, 0) is 0 Å². The summed E-state index contributed by atoms with van der Waals surface area (Å²) in [7, 11) is 1.63. The van der Waals surface area contributed by atoms with Gasteiger partial charge in [-0.3, -0.25) is 4.79 Å². The van der Waals surface area contributed by atoms with Crippen molar-refractivity contribution < 1.29 is 4.74 Å². The molecule has 0 aliphatic rings. The quantitative estimate of drug-likeness (QED) is 0.605. The Hall–Kier alpha value is -3.60. The van der Waals surface area contributed by atoms with E-state index in [1.807, 2.05) is 72.8 Å². The Bertz CT molecular complexity index is 1100. The first-order valence-corrected chi connectivity index (χ1v) is 8.24. The van der Waals surface area contributed by atoms with Crippen molar-refractivity contribution in [2.75, 3.05) is 12.4 Å². The molecule has 0 aliphatic carbocycles. The fourth-order valence-electron chi connectivity index (χ4n) is 2.84. The van der Waals surface area contributed by atoms with Crippen molar-refractivity contribution in [3.8, 4) is 11.4 Å². The molecule has 0 aliphatic heterocycles. The Morgan fingerprint density at radius 1 is 0.885 bits per heavy atom. The van der Waals surface area contributed by atoms with Gasteiger partial charge in [-0.25, -0.2) is 9.55 Å². The molecule has 1 heterocycles. The molecule has 0 fully saturated rings. The minimum absolute atomic E-state index is 0.113. The first kappa shape index (κ1) is 15.9. The maximum atomic E-state index is 13.1. The molecule has 1 N–H and O–H groups in total. The lowest BCUT2D eigenvalue weighted by atomic mass is 10.2. The molecule has 128 valence electrons. The molecule has 3 aromatic carbocycles. The van der Waals surface area contributed by atoms with Gasteiger partial charge in [-0.2, -0.15) is 0 Å². The fourth-order valence-corrected chi connectivity index (χ4v) is 2.84. The van der Waals surface area contributed by atoms with Crippen molar-refractivity contribution >= 4 is 22.5 Å². The van der Waals surface area contributed by atoms with Crippen LogP contribution in [0.5, 0.6) is 5.75 Å². The van der Waals surface area contributed by atoms with Crippen LogP contribution in [0.2, 0.25) is 0 Å². The summed E-state index contributed by atoms with van der Waals surface area (Å²) in [4.78, 5) is 17.8. The number of benzene rings is 3. The summed E-state index contributed by atoms with van der Waals surface area (Å²) in [5.41, 5.74) is 2.11. The van der Waals surface area contributed by atoms with Crippen molar-refractivity contribution in [3.05, 3.63) is 89.2 Å². The van der Waals surface area contributed by atoms with Gasteiger partial charge in [-0.15, -0.1) is 0 Å². The van der Waals surface area contributed by atoms with Crippen molar-refractivity contribution in [2.24, 2.45) is 0 Å². The van der Waals surface area contributed by atoms with Gasteiger partial charge >= 0.3 is 0 Å². The minimum atomic E-state index is -0.113. The highest BCUT2D eigenvalue weighted by atomic mass is 16.5. The normalized spacial score (nSPS) is 10.7. The smallest absolute Gasteiger partial charge is 0.267 e. The van der Waals surface area contributed by atoms with E-state index in [2.05, 4.69) is 10.3 Å². The topological polar surface area (TPSA) is 56.1 Å². The summed E-state index contributed by atoms with van der Waals surface area (Å²) in [6.07, 6.45) is 0. The van der Waals surface area contributed by atoms with Gasteiger partial charge in [-0.1, -0.05) is 30.3 Å². The number of fused-ring (bicyclic) bond motifs is 1. The van der Waals surface area contributed by atoms with Crippen molar-refractivity contribution in [2.45, 2.75) is 0 Å². The SMILES string of the molecule is COc1ccc(Nc2nc3ccccc3c(=O)n2-c2ccccc2)cc1. The van der Waals surface area contributed by atoms with Crippen molar-refractivity contribution in [1.29, 1.82) is 0 Å². The lowest BCUT2D eigenvalue weighted by molar-refractivity contribution is 0.415. The molecule has 0 bridgehead atoms. The van der Waals surface area contributed by atoms with E-state index in [1.165, 1.54) is 0 Å². The van der Waals surface area contributed by atoms with Crippen LogP contribution in [0.4, 0.5) is 11.6 Å². The van der Waals surface area contributed by atoms with E-state index < -0.39 is 0 Å². The molecule has 26 heavy (non-hydrogen) atoms. The molecule has 0 saturated carbocycles. The third-order valence-corrected chi connectivity index (χ3v) is 4.14.